The summed E-state index contributed by atoms with van der Waals surface area (Å²) in [4.78, 5) is 0. The Balaban J connectivity index is 2.20. The van der Waals surface area contributed by atoms with Gasteiger partial charge in [0.1, 0.15) is 0 Å². The molecular formula is C7H14O4S. The highest BCUT2D eigenvalue weighted by Gasteiger charge is 2.28. The van der Waals surface area contributed by atoms with Gasteiger partial charge in [-0.15, -0.1) is 0 Å². The predicted octanol–water partition coefficient (Wildman–Crippen LogP) is -0.163. The Morgan fingerprint density at radius 1 is 1.42 bits per heavy atom. The molecule has 72 valence electrons. The highest BCUT2D eigenvalue weighted by Crippen LogP contribution is 2.14. The molecule has 0 unspecified atom stereocenters. The summed E-state index contributed by atoms with van der Waals surface area (Å²) in [6, 6.07) is 0. The molecule has 0 saturated carbocycles. The molecule has 0 aliphatic carbocycles. The highest BCUT2D eigenvalue weighted by atomic mass is 32.2. The molecule has 1 aliphatic heterocycles. The number of hydrogen-bond donors (Lipinski definition) is 0. The summed E-state index contributed by atoms with van der Waals surface area (Å²) in [7, 11) is -1.21. The second kappa shape index (κ2) is 4.20. The largest absolute Gasteiger partial charge is 0.382 e. The smallest absolute Gasteiger partial charge is 0.152 e. The number of methoxy groups -OCH3 is 1. The maximum Gasteiger partial charge on any atom is 0.152 e. The molecule has 0 aromatic heterocycles. The molecule has 0 amide bonds. The second-order valence-electron chi connectivity index (χ2n) is 2.89. The van der Waals surface area contributed by atoms with Crippen LogP contribution in [0.25, 0.3) is 0 Å². The first-order chi connectivity index (χ1) is 5.64. The van der Waals surface area contributed by atoms with Crippen molar-refractivity contribution in [1.82, 2.24) is 0 Å². The van der Waals surface area contributed by atoms with E-state index in [4.69, 9.17) is 9.47 Å². The van der Waals surface area contributed by atoms with Crippen molar-refractivity contribution in [3.8, 4) is 0 Å². The average molecular weight is 194 g/mol. The van der Waals surface area contributed by atoms with Gasteiger partial charge in [-0.05, 0) is 6.42 Å². The lowest BCUT2D eigenvalue weighted by Gasteiger charge is -2.08. The quantitative estimate of drug-likeness (QED) is 0.583. The van der Waals surface area contributed by atoms with Gasteiger partial charge in [-0.1, -0.05) is 0 Å². The predicted molar refractivity (Wildman–Crippen MR) is 44.9 cm³/mol. The summed E-state index contributed by atoms with van der Waals surface area (Å²) in [5.74, 6) is 0.446. The van der Waals surface area contributed by atoms with Crippen molar-refractivity contribution in [3.63, 3.8) is 0 Å². The lowest BCUT2D eigenvalue weighted by molar-refractivity contribution is 0.0299. The first-order valence-corrected chi connectivity index (χ1v) is 5.77. The van der Waals surface area contributed by atoms with Gasteiger partial charge in [0.15, 0.2) is 9.84 Å². The summed E-state index contributed by atoms with van der Waals surface area (Å²) < 4.78 is 32.0. The van der Waals surface area contributed by atoms with Crippen LogP contribution in [0.4, 0.5) is 0 Å². The Hall–Kier alpha value is -0.130. The van der Waals surface area contributed by atoms with Crippen LogP contribution in [0.15, 0.2) is 0 Å². The van der Waals surface area contributed by atoms with Crippen molar-refractivity contribution in [1.29, 1.82) is 0 Å². The van der Waals surface area contributed by atoms with E-state index in [1.165, 1.54) is 0 Å². The fourth-order valence-electron chi connectivity index (χ4n) is 1.19. The molecule has 0 bridgehead atoms. The molecule has 5 heteroatoms. The van der Waals surface area contributed by atoms with E-state index >= 15 is 0 Å². The number of sulfone groups is 1. The van der Waals surface area contributed by atoms with Gasteiger partial charge in [-0.3, -0.25) is 0 Å². The molecule has 1 atom stereocenters. The van der Waals surface area contributed by atoms with Gasteiger partial charge in [-0.25, -0.2) is 8.42 Å². The Kier molecular flexibility index (Phi) is 3.49. The van der Waals surface area contributed by atoms with Gasteiger partial charge < -0.3 is 9.47 Å². The van der Waals surface area contributed by atoms with Crippen molar-refractivity contribution in [2.75, 3.05) is 31.8 Å². The van der Waals surface area contributed by atoms with Gasteiger partial charge in [0.25, 0.3) is 0 Å². The summed E-state index contributed by atoms with van der Waals surface area (Å²) in [6.07, 6.45) is 0.525. The van der Waals surface area contributed by atoms with E-state index in [0.29, 0.717) is 19.6 Å². The Morgan fingerprint density at radius 3 is 2.67 bits per heavy atom. The van der Waals surface area contributed by atoms with Crippen LogP contribution >= 0.6 is 0 Å². The van der Waals surface area contributed by atoms with Gasteiger partial charge in [0, 0.05) is 7.11 Å². The van der Waals surface area contributed by atoms with Gasteiger partial charge in [-0.2, -0.15) is 0 Å². The Bertz CT molecular complexity index is 222. The zero-order chi connectivity index (χ0) is 9.03. The van der Waals surface area contributed by atoms with Gasteiger partial charge >= 0.3 is 0 Å². The van der Waals surface area contributed by atoms with Crippen LogP contribution in [0, 0.1) is 0 Å². The summed E-state index contributed by atoms with van der Waals surface area (Å²) in [5, 5.41) is 0. The van der Waals surface area contributed by atoms with E-state index in [0.717, 1.165) is 0 Å². The molecule has 0 aromatic rings. The minimum Gasteiger partial charge on any atom is -0.382 e. The van der Waals surface area contributed by atoms with E-state index in [1.54, 1.807) is 7.11 Å². The molecule has 1 rings (SSSR count). The first-order valence-electron chi connectivity index (χ1n) is 3.95. The van der Waals surface area contributed by atoms with Crippen molar-refractivity contribution in [3.05, 3.63) is 0 Å². The maximum atomic E-state index is 11.0. The zero-order valence-electron chi connectivity index (χ0n) is 7.15. The molecule has 0 spiro atoms. The van der Waals surface area contributed by atoms with Crippen molar-refractivity contribution < 1.29 is 17.9 Å². The summed E-state index contributed by atoms with van der Waals surface area (Å²) >= 11 is 0. The van der Waals surface area contributed by atoms with E-state index < -0.39 is 9.84 Å². The molecule has 0 N–H and O–H groups in total. The monoisotopic (exact) mass is 194 g/mol. The molecule has 1 aliphatic rings. The highest BCUT2D eigenvalue weighted by molar-refractivity contribution is 7.91. The minimum atomic E-state index is -2.80. The fraction of sp³-hybridized carbons (Fsp3) is 1.00. The number of ether oxygens (including phenoxy) is 2. The molecule has 1 saturated heterocycles. The third kappa shape index (κ3) is 3.08. The van der Waals surface area contributed by atoms with E-state index in [9.17, 15) is 8.42 Å². The molecule has 0 aromatic carbocycles. The van der Waals surface area contributed by atoms with Gasteiger partial charge in [0.2, 0.25) is 0 Å². The van der Waals surface area contributed by atoms with Crippen molar-refractivity contribution in [2.45, 2.75) is 12.5 Å². The topological polar surface area (TPSA) is 52.6 Å². The van der Waals surface area contributed by atoms with Crippen molar-refractivity contribution in [2.24, 2.45) is 0 Å². The molecule has 1 fully saturated rings. The fourth-order valence-corrected chi connectivity index (χ4v) is 2.81. The van der Waals surface area contributed by atoms with Crippen LogP contribution in [0.2, 0.25) is 0 Å². The molecular weight excluding hydrogens is 180 g/mol. The lowest BCUT2D eigenvalue weighted by atomic mass is 10.3. The zero-order valence-corrected chi connectivity index (χ0v) is 7.97. The van der Waals surface area contributed by atoms with Crippen LogP contribution in [-0.2, 0) is 19.3 Å². The molecule has 0 radical (unpaired) electrons. The van der Waals surface area contributed by atoms with E-state index in [2.05, 4.69) is 0 Å². The average Bonchev–Trinajstić information content (AvgIpc) is 2.31. The van der Waals surface area contributed by atoms with Crippen LogP contribution < -0.4 is 0 Å². The third-order valence-electron chi connectivity index (χ3n) is 1.83. The lowest BCUT2D eigenvalue weighted by Crippen LogP contribution is -2.17. The molecule has 4 nitrogen and oxygen atoms in total. The normalized spacial score (nSPS) is 27.6. The standard InChI is InChI=1S/C7H14O4S/c1-10-3-4-11-7-2-5-12(8,9)6-7/h7H,2-6H2,1H3/t7-/m0/s1. The summed E-state index contributed by atoms with van der Waals surface area (Å²) in [6.45, 7) is 1.01. The number of rotatable bonds is 4. The number of hydrogen-bond acceptors (Lipinski definition) is 4. The van der Waals surface area contributed by atoms with E-state index in [-0.39, 0.29) is 17.6 Å². The SMILES string of the molecule is COCCO[C@H]1CCS(=O)(=O)C1. The maximum absolute atomic E-state index is 11.0. The third-order valence-corrected chi connectivity index (χ3v) is 3.57. The van der Waals surface area contributed by atoms with Crippen LogP contribution in [0.1, 0.15) is 6.42 Å². The first kappa shape index (κ1) is 9.95. The van der Waals surface area contributed by atoms with Crippen LogP contribution in [-0.4, -0.2) is 46.4 Å². The Labute approximate surface area is 72.8 Å². The van der Waals surface area contributed by atoms with Crippen LogP contribution in [0.3, 0.4) is 0 Å². The Morgan fingerprint density at radius 2 is 2.17 bits per heavy atom. The molecule has 1 heterocycles. The molecule has 12 heavy (non-hydrogen) atoms. The summed E-state index contributed by atoms with van der Waals surface area (Å²) in [5.41, 5.74) is 0. The van der Waals surface area contributed by atoms with Gasteiger partial charge in [0.05, 0.1) is 30.8 Å². The second-order valence-corrected chi connectivity index (χ2v) is 5.12. The van der Waals surface area contributed by atoms with Crippen LogP contribution in [0.5, 0.6) is 0 Å². The minimum absolute atomic E-state index is 0.106. The van der Waals surface area contributed by atoms with Crippen molar-refractivity contribution >= 4 is 9.84 Å². The van der Waals surface area contributed by atoms with E-state index in [1.807, 2.05) is 0 Å².